The largest absolute Gasteiger partial charge is 0.436 e. The highest BCUT2D eigenvalue weighted by Gasteiger charge is 2.28. The van der Waals surface area contributed by atoms with Crippen LogP contribution in [0.3, 0.4) is 0 Å². The smallest absolute Gasteiger partial charge is 0.390 e. The Morgan fingerprint density at radius 3 is 2.45 bits per heavy atom. The molecule has 0 unspecified atom stereocenters. The Kier molecular flexibility index (Phi) is 4.07. The summed E-state index contributed by atoms with van der Waals surface area (Å²) in [6, 6.07) is 5.03. The van der Waals surface area contributed by atoms with Crippen LogP contribution in [0.15, 0.2) is 28.9 Å². The molecule has 0 N–H and O–H groups in total. The highest BCUT2D eigenvalue weighted by Crippen LogP contribution is 2.32. The lowest BCUT2D eigenvalue weighted by Crippen LogP contribution is -2.10. The van der Waals surface area contributed by atoms with Crippen molar-refractivity contribution in [2.24, 2.45) is 0 Å². The average Bonchev–Trinajstić information content (AvgIpc) is 2.68. The molecule has 0 fully saturated rings. The zero-order chi connectivity index (χ0) is 14.9. The van der Waals surface area contributed by atoms with E-state index in [1.165, 1.54) is 12.1 Å². The summed E-state index contributed by atoms with van der Waals surface area (Å²) in [7, 11) is 0. The van der Waals surface area contributed by atoms with E-state index in [4.69, 9.17) is 0 Å². The Hall–Kier alpha value is -1.90. The van der Waals surface area contributed by atoms with Gasteiger partial charge in [-0.1, -0.05) is 4.98 Å². The molecule has 106 valence electrons. The molecule has 0 bridgehead atoms. The number of nitro groups is 1. The predicted molar refractivity (Wildman–Crippen MR) is 68.0 cm³/mol. The van der Waals surface area contributed by atoms with Gasteiger partial charge in [0.15, 0.2) is 10.3 Å². The highest BCUT2D eigenvalue weighted by atomic mass is 79.9. The van der Waals surface area contributed by atoms with Crippen molar-refractivity contribution in [1.82, 2.24) is 9.55 Å². The van der Waals surface area contributed by atoms with E-state index in [1.54, 1.807) is 0 Å². The third kappa shape index (κ3) is 2.82. The fourth-order valence-corrected chi connectivity index (χ4v) is 2.27. The molecule has 5 nitrogen and oxygen atoms in total. The molecule has 2 rings (SSSR count). The Labute approximate surface area is 119 Å². The van der Waals surface area contributed by atoms with E-state index in [2.05, 4.69) is 20.9 Å². The van der Waals surface area contributed by atoms with Gasteiger partial charge in [-0.25, -0.2) is 17.7 Å². The van der Waals surface area contributed by atoms with Crippen molar-refractivity contribution in [1.29, 1.82) is 0 Å². The number of nitrogens with zero attached hydrogens (tertiary/aromatic N) is 3. The SMILES string of the molecule is O=[N+]([O-])c1nc(-c2ccc(F)cc2)c(Br)n1CC(F)F. The lowest BCUT2D eigenvalue weighted by Gasteiger charge is -2.01. The summed E-state index contributed by atoms with van der Waals surface area (Å²) >= 11 is 3.02. The molecular weight excluding hydrogens is 343 g/mol. The number of imidazole rings is 1. The topological polar surface area (TPSA) is 61.0 Å². The first-order chi connectivity index (χ1) is 9.40. The maximum absolute atomic E-state index is 12.8. The molecule has 0 spiro atoms. The average molecular weight is 350 g/mol. The van der Waals surface area contributed by atoms with Crippen LogP contribution in [-0.4, -0.2) is 20.9 Å². The van der Waals surface area contributed by atoms with Crippen molar-refractivity contribution in [3.05, 3.63) is 44.8 Å². The van der Waals surface area contributed by atoms with Crippen molar-refractivity contribution >= 4 is 21.9 Å². The minimum Gasteiger partial charge on any atom is -0.390 e. The van der Waals surface area contributed by atoms with Crippen molar-refractivity contribution < 1.29 is 18.1 Å². The molecule has 9 heteroatoms. The molecule has 0 aliphatic heterocycles. The third-order valence-electron chi connectivity index (χ3n) is 2.49. The van der Waals surface area contributed by atoms with Gasteiger partial charge in [0.25, 0.3) is 6.43 Å². The van der Waals surface area contributed by atoms with Crippen LogP contribution in [0.25, 0.3) is 11.3 Å². The maximum atomic E-state index is 12.8. The first-order valence-electron chi connectivity index (χ1n) is 5.34. The summed E-state index contributed by atoms with van der Waals surface area (Å²) in [4.78, 5) is 13.7. The fourth-order valence-electron chi connectivity index (χ4n) is 1.65. The molecule has 2 aromatic rings. The second-order valence-corrected chi connectivity index (χ2v) is 4.57. The number of hydrogen-bond donors (Lipinski definition) is 0. The van der Waals surface area contributed by atoms with Crippen molar-refractivity contribution in [2.75, 3.05) is 0 Å². The summed E-state index contributed by atoms with van der Waals surface area (Å²) in [5, 5.41) is 10.9. The molecule has 1 aromatic heterocycles. The summed E-state index contributed by atoms with van der Waals surface area (Å²) < 4.78 is 38.6. The van der Waals surface area contributed by atoms with E-state index in [0.29, 0.717) is 5.56 Å². The molecule has 0 atom stereocenters. The number of halogens is 4. The van der Waals surface area contributed by atoms with Crippen LogP contribution in [0.1, 0.15) is 0 Å². The van der Waals surface area contributed by atoms with E-state index in [-0.39, 0.29) is 10.3 Å². The van der Waals surface area contributed by atoms with Gasteiger partial charge >= 0.3 is 5.95 Å². The monoisotopic (exact) mass is 349 g/mol. The van der Waals surface area contributed by atoms with Gasteiger partial charge in [0.1, 0.15) is 12.4 Å². The summed E-state index contributed by atoms with van der Waals surface area (Å²) in [6.07, 6.45) is -2.76. The summed E-state index contributed by atoms with van der Waals surface area (Å²) in [5.74, 6) is -1.18. The number of aromatic nitrogens is 2. The minimum absolute atomic E-state index is 0.0520. The molecule has 0 radical (unpaired) electrons. The van der Waals surface area contributed by atoms with E-state index >= 15 is 0 Å². The van der Waals surface area contributed by atoms with Crippen molar-refractivity contribution in [2.45, 2.75) is 13.0 Å². The van der Waals surface area contributed by atoms with Crippen LogP contribution in [0, 0.1) is 15.9 Å². The van der Waals surface area contributed by atoms with Gasteiger partial charge in [-0.15, -0.1) is 0 Å². The zero-order valence-corrected chi connectivity index (χ0v) is 11.3. The lowest BCUT2D eigenvalue weighted by atomic mass is 10.2. The number of alkyl halides is 2. The Morgan fingerprint density at radius 2 is 1.95 bits per heavy atom. The summed E-state index contributed by atoms with van der Waals surface area (Å²) in [5.41, 5.74) is 0.492. The lowest BCUT2D eigenvalue weighted by molar-refractivity contribution is -0.397. The van der Waals surface area contributed by atoms with Crippen LogP contribution < -0.4 is 0 Å². The van der Waals surface area contributed by atoms with Crippen LogP contribution in [0.5, 0.6) is 0 Å². The first-order valence-corrected chi connectivity index (χ1v) is 6.14. The second-order valence-electron chi connectivity index (χ2n) is 3.82. The normalized spacial score (nSPS) is 11.1. The number of rotatable bonds is 4. The van der Waals surface area contributed by atoms with E-state index in [9.17, 15) is 23.3 Å². The van der Waals surface area contributed by atoms with Gasteiger partial charge in [-0.05, 0) is 45.1 Å². The fraction of sp³-hybridized carbons (Fsp3) is 0.182. The van der Waals surface area contributed by atoms with Gasteiger partial charge in [-0.2, -0.15) is 0 Å². The van der Waals surface area contributed by atoms with Gasteiger partial charge in [0, 0.05) is 5.56 Å². The van der Waals surface area contributed by atoms with Crippen molar-refractivity contribution in [3.8, 4) is 11.3 Å². The zero-order valence-electron chi connectivity index (χ0n) is 9.76. The second kappa shape index (κ2) is 5.61. The Balaban J connectivity index is 2.54. The molecule has 0 amide bonds. The number of hydrogen-bond acceptors (Lipinski definition) is 3. The quantitative estimate of drug-likeness (QED) is 0.625. The molecule has 1 aromatic carbocycles. The minimum atomic E-state index is -2.76. The Bertz CT molecular complexity index is 643. The maximum Gasteiger partial charge on any atom is 0.436 e. The first kappa shape index (κ1) is 14.5. The van der Waals surface area contributed by atoms with Crippen LogP contribution in [-0.2, 0) is 6.54 Å². The van der Waals surface area contributed by atoms with E-state index in [1.807, 2.05) is 0 Å². The molecule has 0 aliphatic carbocycles. The molecule has 0 saturated carbocycles. The molecule has 1 heterocycles. The van der Waals surface area contributed by atoms with Crippen LogP contribution >= 0.6 is 15.9 Å². The molecule has 20 heavy (non-hydrogen) atoms. The third-order valence-corrected chi connectivity index (χ3v) is 3.29. The van der Waals surface area contributed by atoms with Gasteiger partial charge in [-0.3, -0.25) is 0 Å². The van der Waals surface area contributed by atoms with E-state index in [0.717, 1.165) is 16.7 Å². The predicted octanol–water partition coefficient (Wildman–Crippen LogP) is 3.63. The molecule has 0 aliphatic rings. The van der Waals surface area contributed by atoms with Crippen LogP contribution in [0.4, 0.5) is 19.1 Å². The number of benzene rings is 1. The van der Waals surface area contributed by atoms with Gasteiger partial charge in [0.2, 0.25) is 0 Å². The molecular formula is C11H7BrF3N3O2. The van der Waals surface area contributed by atoms with Crippen LogP contribution in [0.2, 0.25) is 0 Å². The highest BCUT2D eigenvalue weighted by molar-refractivity contribution is 9.10. The summed E-state index contributed by atoms with van der Waals surface area (Å²) in [6.45, 7) is -0.856. The van der Waals surface area contributed by atoms with E-state index < -0.39 is 29.7 Å². The van der Waals surface area contributed by atoms with Gasteiger partial charge < -0.3 is 10.1 Å². The molecule has 0 saturated heterocycles. The Morgan fingerprint density at radius 1 is 1.35 bits per heavy atom. The van der Waals surface area contributed by atoms with Crippen molar-refractivity contribution in [3.63, 3.8) is 0 Å². The standard InChI is InChI=1S/C11H7BrF3N3O2/c12-10-9(6-1-3-7(13)4-2-6)16-11(18(19)20)17(10)5-8(14)15/h1-4,8H,5H2. The van der Waals surface area contributed by atoms with Gasteiger partial charge in [0.05, 0.1) is 0 Å².